The first-order valence-corrected chi connectivity index (χ1v) is 6.13. The molecule has 0 bridgehead atoms. The zero-order valence-corrected chi connectivity index (χ0v) is 10.7. The molecule has 1 nitrogen and oxygen atoms in total. The van der Waals surface area contributed by atoms with Gasteiger partial charge in [0.25, 0.3) is 0 Å². The van der Waals surface area contributed by atoms with Gasteiger partial charge in [0.2, 0.25) is 0 Å². The molecule has 1 heterocycles. The number of aromatic amines is 1. The lowest BCUT2D eigenvalue weighted by Gasteiger charge is -2.01. The molecule has 2 aromatic carbocycles. The van der Waals surface area contributed by atoms with Crippen molar-refractivity contribution in [2.24, 2.45) is 0 Å². The Morgan fingerprint density at radius 1 is 0.944 bits per heavy atom. The Kier molecular flexibility index (Phi) is 2.77. The van der Waals surface area contributed by atoms with E-state index in [1.807, 2.05) is 12.1 Å². The summed E-state index contributed by atoms with van der Waals surface area (Å²) in [6.07, 6.45) is 0. The maximum absolute atomic E-state index is 13.1. The van der Waals surface area contributed by atoms with E-state index in [-0.39, 0.29) is 5.82 Å². The molecular formula is C14H8Cl2FN. The van der Waals surface area contributed by atoms with Gasteiger partial charge in [-0.1, -0.05) is 23.2 Å². The Hall–Kier alpha value is -1.51. The van der Waals surface area contributed by atoms with Crippen LogP contribution in [0.1, 0.15) is 0 Å². The molecule has 0 spiro atoms. The first kappa shape index (κ1) is 11.6. The van der Waals surface area contributed by atoms with Crippen LogP contribution in [0.3, 0.4) is 0 Å². The number of halogens is 3. The van der Waals surface area contributed by atoms with Gasteiger partial charge in [0.05, 0.1) is 5.02 Å². The summed E-state index contributed by atoms with van der Waals surface area (Å²) in [5.74, 6) is -0.254. The molecule has 1 aromatic heterocycles. The SMILES string of the molecule is Fc1ccc2[nH]c(-c3ccc(Cl)cc3Cl)cc2c1. The molecule has 0 saturated heterocycles. The zero-order chi connectivity index (χ0) is 12.7. The van der Waals surface area contributed by atoms with Crippen molar-refractivity contribution in [3.63, 3.8) is 0 Å². The van der Waals surface area contributed by atoms with Gasteiger partial charge in [-0.3, -0.25) is 0 Å². The van der Waals surface area contributed by atoms with Crippen LogP contribution in [0.15, 0.2) is 42.5 Å². The highest BCUT2D eigenvalue weighted by molar-refractivity contribution is 6.36. The van der Waals surface area contributed by atoms with Crippen LogP contribution >= 0.6 is 23.2 Å². The number of hydrogen-bond donors (Lipinski definition) is 1. The fourth-order valence-corrected chi connectivity index (χ4v) is 2.47. The summed E-state index contributed by atoms with van der Waals surface area (Å²) in [5.41, 5.74) is 2.56. The number of H-pyrrole nitrogens is 1. The van der Waals surface area contributed by atoms with Crippen molar-refractivity contribution in [1.29, 1.82) is 0 Å². The molecule has 4 heteroatoms. The summed E-state index contributed by atoms with van der Waals surface area (Å²) in [5, 5.41) is 1.97. The lowest BCUT2D eigenvalue weighted by Crippen LogP contribution is -1.79. The highest BCUT2D eigenvalue weighted by Gasteiger charge is 2.08. The molecule has 3 aromatic rings. The van der Waals surface area contributed by atoms with Gasteiger partial charge >= 0.3 is 0 Å². The molecule has 0 radical (unpaired) electrons. The standard InChI is InChI=1S/C14H8Cl2FN/c15-9-1-3-11(12(16)7-9)14-6-8-5-10(17)2-4-13(8)18-14/h1-7,18H. The van der Waals surface area contributed by atoms with Crippen LogP contribution in [0.5, 0.6) is 0 Å². The van der Waals surface area contributed by atoms with E-state index in [1.165, 1.54) is 12.1 Å². The average molecular weight is 280 g/mol. The van der Waals surface area contributed by atoms with Gasteiger partial charge < -0.3 is 4.98 Å². The molecule has 0 fully saturated rings. The highest BCUT2D eigenvalue weighted by atomic mass is 35.5. The van der Waals surface area contributed by atoms with Crippen molar-refractivity contribution in [3.05, 3.63) is 58.3 Å². The molecule has 0 aliphatic heterocycles. The van der Waals surface area contributed by atoms with Gasteiger partial charge in [-0.15, -0.1) is 0 Å². The summed E-state index contributed by atoms with van der Waals surface area (Å²) in [4.78, 5) is 3.21. The van der Waals surface area contributed by atoms with Gasteiger partial charge in [0.1, 0.15) is 5.82 Å². The molecule has 3 rings (SSSR count). The Labute approximate surface area is 113 Å². The number of nitrogens with one attached hydrogen (secondary N) is 1. The first-order valence-electron chi connectivity index (χ1n) is 5.37. The van der Waals surface area contributed by atoms with E-state index >= 15 is 0 Å². The second kappa shape index (κ2) is 4.30. The van der Waals surface area contributed by atoms with E-state index in [1.54, 1.807) is 18.2 Å². The van der Waals surface area contributed by atoms with Crippen molar-refractivity contribution in [2.45, 2.75) is 0 Å². The van der Waals surface area contributed by atoms with Crippen molar-refractivity contribution in [3.8, 4) is 11.3 Å². The summed E-state index contributed by atoms with van der Waals surface area (Å²) in [6, 6.07) is 11.8. The van der Waals surface area contributed by atoms with Crippen LogP contribution in [-0.4, -0.2) is 4.98 Å². The van der Waals surface area contributed by atoms with E-state index in [4.69, 9.17) is 23.2 Å². The van der Waals surface area contributed by atoms with Crippen LogP contribution < -0.4 is 0 Å². The molecule has 0 aliphatic rings. The normalized spacial score (nSPS) is 11.1. The first-order chi connectivity index (χ1) is 8.63. The molecule has 90 valence electrons. The Morgan fingerprint density at radius 3 is 2.56 bits per heavy atom. The number of benzene rings is 2. The fourth-order valence-electron chi connectivity index (χ4n) is 1.96. The van der Waals surface area contributed by atoms with Crippen LogP contribution in [0.2, 0.25) is 10.0 Å². The van der Waals surface area contributed by atoms with E-state index in [9.17, 15) is 4.39 Å². The maximum atomic E-state index is 13.1. The van der Waals surface area contributed by atoms with Crippen molar-refractivity contribution in [2.75, 3.05) is 0 Å². The number of fused-ring (bicyclic) bond motifs is 1. The van der Waals surface area contributed by atoms with Crippen LogP contribution in [0.4, 0.5) is 4.39 Å². The minimum Gasteiger partial charge on any atom is -0.354 e. The van der Waals surface area contributed by atoms with E-state index in [2.05, 4.69) is 4.98 Å². The van der Waals surface area contributed by atoms with Gasteiger partial charge in [0, 0.05) is 27.2 Å². The molecule has 18 heavy (non-hydrogen) atoms. The topological polar surface area (TPSA) is 15.8 Å². The van der Waals surface area contributed by atoms with Crippen molar-refractivity contribution in [1.82, 2.24) is 4.98 Å². The van der Waals surface area contributed by atoms with Gasteiger partial charge in [-0.2, -0.15) is 0 Å². The molecule has 0 unspecified atom stereocenters. The fraction of sp³-hybridized carbons (Fsp3) is 0. The minimum absolute atomic E-state index is 0.254. The summed E-state index contributed by atoms with van der Waals surface area (Å²) in [7, 11) is 0. The maximum Gasteiger partial charge on any atom is 0.123 e. The van der Waals surface area contributed by atoms with E-state index < -0.39 is 0 Å². The van der Waals surface area contributed by atoms with E-state index in [0.717, 1.165) is 22.2 Å². The predicted molar refractivity (Wildman–Crippen MR) is 73.7 cm³/mol. The summed E-state index contributed by atoms with van der Waals surface area (Å²) in [6.45, 7) is 0. The van der Waals surface area contributed by atoms with Gasteiger partial charge in [0.15, 0.2) is 0 Å². The third kappa shape index (κ3) is 1.98. The molecule has 0 atom stereocenters. The number of hydrogen-bond acceptors (Lipinski definition) is 0. The zero-order valence-electron chi connectivity index (χ0n) is 9.18. The van der Waals surface area contributed by atoms with Crippen molar-refractivity contribution < 1.29 is 4.39 Å². The Balaban J connectivity index is 2.19. The molecule has 0 aliphatic carbocycles. The third-order valence-electron chi connectivity index (χ3n) is 2.80. The van der Waals surface area contributed by atoms with E-state index in [0.29, 0.717) is 10.0 Å². The predicted octanol–water partition coefficient (Wildman–Crippen LogP) is 5.28. The Bertz CT molecular complexity index is 734. The molecule has 1 N–H and O–H groups in total. The van der Waals surface area contributed by atoms with Crippen LogP contribution in [0.25, 0.3) is 22.2 Å². The highest BCUT2D eigenvalue weighted by Crippen LogP contribution is 2.31. The van der Waals surface area contributed by atoms with Gasteiger partial charge in [-0.25, -0.2) is 4.39 Å². The van der Waals surface area contributed by atoms with Gasteiger partial charge in [-0.05, 0) is 42.5 Å². The average Bonchev–Trinajstić information content (AvgIpc) is 2.71. The largest absolute Gasteiger partial charge is 0.354 e. The summed E-state index contributed by atoms with van der Waals surface area (Å²) >= 11 is 12.0. The number of aromatic nitrogens is 1. The number of rotatable bonds is 1. The monoisotopic (exact) mass is 279 g/mol. The summed E-state index contributed by atoms with van der Waals surface area (Å²) < 4.78 is 13.1. The van der Waals surface area contributed by atoms with Crippen LogP contribution in [-0.2, 0) is 0 Å². The Morgan fingerprint density at radius 2 is 1.78 bits per heavy atom. The smallest absolute Gasteiger partial charge is 0.123 e. The minimum atomic E-state index is -0.254. The molecule has 0 saturated carbocycles. The third-order valence-corrected chi connectivity index (χ3v) is 3.35. The van der Waals surface area contributed by atoms with Crippen LogP contribution in [0, 0.1) is 5.82 Å². The molecule has 0 amide bonds. The lowest BCUT2D eigenvalue weighted by molar-refractivity contribution is 0.630. The quantitative estimate of drug-likeness (QED) is 0.624. The van der Waals surface area contributed by atoms with Crippen molar-refractivity contribution >= 4 is 34.1 Å². The second-order valence-corrected chi connectivity index (χ2v) is 4.88. The lowest BCUT2D eigenvalue weighted by atomic mass is 10.1. The second-order valence-electron chi connectivity index (χ2n) is 4.04. The molecular weight excluding hydrogens is 272 g/mol.